The monoisotopic (exact) mass is 478 g/mol. The van der Waals surface area contributed by atoms with Gasteiger partial charge < -0.3 is 5.73 Å². The highest BCUT2D eigenvalue weighted by atomic mass is 19.4. The molecule has 0 saturated heterocycles. The van der Waals surface area contributed by atoms with Crippen LogP contribution in [-0.2, 0) is 6.18 Å². The number of hydrogen-bond donors (Lipinski definition) is 1. The fourth-order valence-corrected chi connectivity index (χ4v) is 4.50. The molecule has 3 heterocycles. The molecule has 0 atom stereocenters. The molecule has 1 aliphatic carbocycles. The predicted octanol–water partition coefficient (Wildman–Crippen LogP) is 6.01. The minimum absolute atomic E-state index is 0.0744. The number of pyridine rings is 1. The zero-order chi connectivity index (χ0) is 24.6. The lowest BCUT2D eigenvalue weighted by Gasteiger charge is -2.22. The highest BCUT2D eigenvalue weighted by molar-refractivity contribution is 5.73. The molecule has 0 amide bonds. The second-order valence-electron chi connectivity index (χ2n) is 8.99. The summed E-state index contributed by atoms with van der Waals surface area (Å²) in [7, 11) is 0. The maximum atomic E-state index is 13.9. The maximum Gasteiger partial charge on any atom is 0.417 e. The van der Waals surface area contributed by atoms with Gasteiger partial charge in [0.1, 0.15) is 5.65 Å². The molecular formula is C26H25F3N6. The summed E-state index contributed by atoms with van der Waals surface area (Å²) in [4.78, 5) is 17.7. The van der Waals surface area contributed by atoms with Crippen LogP contribution >= 0.6 is 0 Å². The molecule has 35 heavy (non-hydrogen) atoms. The minimum atomic E-state index is -4.52. The molecule has 9 heteroatoms. The molecule has 1 aliphatic rings. The summed E-state index contributed by atoms with van der Waals surface area (Å²) in [5, 5.41) is 0. The molecule has 180 valence electrons. The number of halogens is 3. The van der Waals surface area contributed by atoms with Crippen LogP contribution in [0.3, 0.4) is 0 Å². The van der Waals surface area contributed by atoms with Crippen LogP contribution in [0, 0.1) is 12.8 Å². The number of aryl methyl sites for hydroxylation is 1. The first-order chi connectivity index (χ1) is 16.8. The van der Waals surface area contributed by atoms with E-state index in [2.05, 4.69) is 19.9 Å². The Labute approximate surface area is 200 Å². The average Bonchev–Trinajstić information content (AvgIpc) is 3.27. The lowest BCUT2D eigenvalue weighted by Crippen LogP contribution is -2.26. The Morgan fingerprint density at radius 2 is 1.80 bits per heavy atom. The molecule has 1 saturated carbocycles. The third kappa shape index (κ3) is 4.81. The Bertz CT molecular complexity index is 1370. The van der Waals surface area contributed by atoms with Crippen molar-refractivity contribution in [1.82, 2.24) is 19.4 Å². The van der Waals surface area contributed by atoms with Crippen molar-refractivity contribution in [3.8, 4) is 22.5 Å². The van der Waals surface area contributed by atoms with Crippen LogP contribution < -0.4 is 5.73 Å². The van der Waals surface area contributed by atoms with Crippen molar-refractivity contribution in [1.29, 1.82) is 0 Å². The van der Waals surface area contributed by atoms with Gasteiger partial charge in [-0.3, -0.25) is 4.40 Å². The van der Waals surface area contributed by atoms with Crippen LogP contribution in [0.5, 0.6) is 0 Å². The van der Waals surface area contributed by atoms with Crippen LogP contribution in [0.1, 0.15) is 36.8 Å². The van der Waals surface area contributed by atoms with Gasteiger partial charge in [0.25, 0.3) is 0 Å². The van der Waals surface area contributed by atoms with E-state index in [1.54, 1.807) is 40.9 Å². The van der Waals surface area contributed by atoms with Gasteiger partial charge in [0.15, 0.2) is 0 Å². The predicted molar refractivity (Wildman–Crippen MR) is 129 cm³/mol. The number of aliphatic imine (C=N–C) groups is 1. The molecule has 2 N–H and O–H groups in total. The van der Waals surface area contributed by atoms with E-state index in [1.807, 2.05) is 13.1 Å². The summed E-state index contributed by atoms with van der Waals surface area (Å²) < 4.78 is 43.3. The van der Waals surface area contributed by atoms with Gasteiger partial charge in [0, 0.05) is 30.2 Å². The first-order valence-electron chi connectivity index (χ1n) is 11.6. The molecule has 0 spiro atoms. The maximum absolute atomic E-state index is 13.9. The second-order valence-corrected chi connectivity index (χ2v) is 8.99. The van der Waals surface area contributed by atoms with E-state index in [0.29, 0.717) is 28.8 Å². The van der Waals surface area contributed by atoms with Crippen molar-refractivity contribution >= 4 is 17.8 Å². The Balaban J connectivity index is 1.57. The molecule has 5 rings (SSSR count). The number of hydrogen-bond acceptors (Lipinski definition) is 5. The lowest BCUT2D eigenvalue weighted by molar-refractivity contribution is -0.137. The average molecular weight is 479 g/mol. The molecule has 4 aromatic rings. The molecule has 1 aromatic carbocycles. The smallest absolute Gasteiger partial charge is 0.328 e. The number of imidazole rings is 1. The van der Waals surface area contributed by atoms with Gasteiger partial charge in [0.2, 0.25) is 5.95 Å². The van der Waals surface area contributed by atoms with Crippen molar-refractivity contribution in [2.75, 3.05) is 0 Å². The first kappa shape index (κ1) is 23.2. The first-order valence-corrected chi connectivity index (χ1v) is 11.6. The van der Waals surface area contributed by atoms with Crippen LogP contribution in [-0.4, -0.2) is 31.6 Å². The van der Waals surface area contributed by atoms with Crippen LogP contribution in [0.15, 0.2) is 60.0 Å². The molecular weight excluding hydrogens is 453 g/mol. The number of benzene rings is 1. The lowest BCUT2D eigenvalue weighted by atomic mass is 9.87. The number of rotatable bonds is 4. The number of nitrogens with zero attached hydrogens (tertiary/aromatic N) is 5. The summed E-state index contributed by atoms with van der Waals surface area (Å²) in [6, 6.07) is 9.86. The van der Waals surface area contributed by atoms with E-state index >= 15 is 0 Å². The summed E-state index contributed by atoms with van der Waals surface area (Å²) in [5.41, 5.74) is 7.91. The number of aromatic nitrogens is 4. The van der Waals surface area contributed by atoms with Crippen molar-refractivity contribution in [3.63, 3.8) is 0 Å². The van der Waals surface area contributed by atoms with Gasteiger partial charge in [-0.15, -0.1) is 0 Å². The SMILES string of the molecule is Cc1cnc(/N=C/C2CCC(N)CC2)nc1-c1cnc2cc(C(F)(F)F)c(-c3ccccc3)cn12. The van der Waals surface area contributed by atoms with Crippen molar-refractivity contribution < 1.29 is 13.2 Å². The standard InChI is InChI=1S/C26H25F3N6/c1-16-12-32-25(33-13-17-7-9-19(30)10-8-17)34-24(16)22-14-31-23-11-21(26(27,28)29)20(15-35(22)23)18-5-3-2-4-6-18/h2-6,11-15,17,19H,7-10,30H2,1H3/b33-13+. The quantitative estimate of drug-likeness (QED) is 0.365. The number of nitrogens with two attached hydrogens (primary N) is 1. The summed E-state index contributed by atoms with van der Waals surface area (Å²) >= 11 is 0. The van der Waals surface area contributed by atoms with Crippen molar-refractivity contribution in [2.45, 2.75) is 44.8 Å². The van der Waals surface area contributed by atoms with E-state index in [-0.39, 0.29) is 17.3 Å². The van der Waals surface area contributed by atoms with Crippen LogP contribution in [0.2, 0.25) is 0 Å². The van der Waals surface area contributed by atoms with Gasteiger partial charge in [0.05, 0.1) is 23.1 Å². The number of fused-ring (bicyclic) bond motifs is 1. The molecule has 1 fully saturated rings. The Hall–Kier alpha value is -3.59. The van der Waals surface area contributed by atoms with E-state index in [4.69, 9.17) is 5.73 Å². The zero-order valence-electron chi connectivity index (χ0n) is 19.2. The molecule has 0 bridgehead atoms. The molecule has 0 unspecified atom stereocenters. The van der Waals surface area contributed by atoms with E-state index < -0.39 is 11.7 Å². The van der Waals surface area contributed by atoms with E-state index in [0.717, 1.165) is 37.3 Å². The number of alkyl halides is 3. The topological polar surface area (TPSA) is 81.5 Å². The highest BCUT2D eigenvalue weighted by Gasteiger charge is 2.35. The fraction of sp³-hybridized carbons (Fsp3) is 0.308. The van der Waals surface area contributed by atoms with Gasteiger partial charge in [-0.05, 0) is 55.7 Å². The molecule has 6 nitrogen and oxygen atoms in total. The highest BCUT2D eigenvalue weighted by Crippen LogP contribution is 2.38. The molecule has 3 aromatic heterocycles. The third-order valence-electron chi connectivity index (χ3n) is 6.46. The van der Waals surface area contributed by atoms with E-state index in [1.165, 1.54) is 12.4 Å². The third-order valence-corrected chi connectivity index (χ3v) is 6.46. The minimum Gasteiger partial charge on any atom is -0.328 e. The van der Waals surface area contributed by atoms with Crippen LogP contribution in [0.25, 0.3) is 28.2 Å². The van der Waals surface area contributed by atoms with Crippen molar-refractivity contribution in [3.05, 3.63) is 66.1 Å². The normalized spacial score (nSPS) is 19.0. The summed E-state index contributed by atoms with van der Waals surface area (Å²) in [6.07, 6.45) is 5.98. The van der Waals surface area contributed by atoms with Crippen LogP contribution in [0.4, 0.5) is 19.1 Å². The fourth-order valence-electron chi connectivity index (χ4n) is 4.50. The molecule has 0 radical (unpaired) electrons. The Morgan fingerprint density at radius 1 is 1.06 bits per heavy atom. The van der Waals surface area contributed by atoms with Gasteiger partial charge in [-0.1, -0.05) is 30.3 Å². The van der Waals surface area contributed by atoms with E-state index in [9.17, 15) is 13.2 Å². The Kier molecular flexibility index (Phi) is 6.10. The second kappa shape index (κ2) is 9.22. The Morgan fingerprint density at radius 3 is 2.51 bits per heavy atom. The molecule has 0 aliphatic heterocycles. The zero-order valence-corrected chi connectivity index (χ0v) is 19.2. The van der Waals surface area contributed by atoms with Gasteiger partial charge in [-0.25, -0.2) is 19.9 Å². The van der Waals surface area contributed by atoms with Gasteiger partial charge in [-0.2, -0.15) is 13.2 Å². The summed E-state index contributed by atoms with van der Waals surface area (Å²) in [6.45, 7) is 1.85. The largest absolute Gasteiger partial charge is 0.417 e. The summed E-state index contributed by atoms with van der Waals surface area (Å²) in [5.74, 6) is 0.652. The van der Waals surface area contributed by atoms with Crippen molar-refractivity contribution in [2.24, 2.45) is 16.6 Å². The van der Waals surface area contributed by atoms with Gasteiger partial charge >= 0.3 is 6.18 Å².